The van der Waals surface area contributed by atoms with E-state index in [1.165, 1.54) is 12.8 Å². The van der Waals surface area contributed by atoms with Gasteiger partial charge in [-0.1, -0.05) is 38.5 Å². The lowest BCUT2D eigenvalue weighted by Gasteiger charge is -2.18. The predicted octanol–water partition coefficient (Wildman–Crippen LogP) is 2.28. The molecule has 0 aromatic rings. The zero-order chi connectivity index (χ0) is 16.6. The summed E-state index contributed by atoms with van der Waals surface area (Å²) in [5.41, 5.74) is -0.498. The number of carbonyl (C=O) groups is 2. The molecular formula is C18H26O6. The molecule has 2 aliphatic carbocycles. The minimum absolute atomic E-state index is 0.0836. The van der Waals surface area contributed by atoms with Crippen molar-refractivity contribution >= 4 is 11.9 Å². The van der Waals surface area contributed by atoms with E-state index >= 15 is 0 Å². The number of hydrogen-bond acceptors (Lipinski definition) is 6. The van der Waals surface area contributed by atoms with Crippen LogP contribution in [0, 0.1) is 0 Å². The minimum atomic E-state index is -0.411. The van der Waals surface area contributed by atoms with E-state index in [0.717, 1.165) is 51.4 Å². The molecule has 0 N–H and O–H groups in total. The summed E-state index contributed by atoms with van der Waals surface area (Å²) in [6, 6.07) is 0. The van der Waals surface area contributed by atoms with Gasteiger partial charge in [0.15, 0.2) is 12.2 Å². The first-order valence-electron chi connectivity index (χ1n) is 9.34. The quantitative estimate of drug-likeness (QED) is 0.435. The van der Waals surface area contributed by atoms with E-state index in [-0.39, 0.29) is 36.4 Å². The first-order chi connectivity index (χ1) is 11.7. The fourth-order valence-electron chi connectivity index (χ4n) is 4.42. The monoisotopic (exact) mass is 338 g/mol. The van der Waals surface area contributed by atoms with E-state index in [0.29, 0.717) is 0 Å². The van der Waals surface area contributed by atoms with Gasteiger partial charge in [-0.2, -0.15) is 0 Å². The second-order valence-corrected chi connectivity index (χ2v) is 7.58. The summed E-state index contributed by atoms with van der Waals surface area (Å²) in [5.74, 6) is -0.640. The lowest BCUT2D eigenvalue weighted by atomic mass is 9.86. The van der Waals surface area contributed by atoms with Crippen molar-refractivity contribution in [3.8, 4) is 0 Å². The molecule has 0 radical (unpaired) electrons. The van der Waals surface area contributed by atoms with E-state index in [1.54, 1.807) is 0 Å². The molecule has 0 amide bonds. The Morgan fingerprint density at radius 1 is 0.708 bits per heavy atom. The molecule has 2 saturated carbocycles. The highest BCUT2D eigenvalue weighted by molar-refractivity contribution is 5.80. The second-order valence-electron chi connectivity index (χ2n) is 7.58. The van der Waals surface area contributed by atoms with Crippen LogP contribution in [0.25, 0.3) is 0 Å². The van der Waals surface area contributed by atoms with Crippen molar-refractivity contribution in [1.82, 2.24) is 0 Å². The highest BCUT2D eigenvalue weighted by Crippen LogP contribution is 2.49. The molecule has 2 unspecified atom stereocenters. The Labute approximate surface area is 142 Å². The summed E-state index contributed by atoms with van der Waals surface area (Å²) in [4.78, 5) is 24.0. The third-order valence-electron chi connectivity index (χ3n) is 5.95. The standard InChI is InChI=1S/C18H26O6/c19-15(13-17(23-13)7-3-1-4-8-17)21-11-12-22-16(20)14-18(24-14)9-5-2-6-10-18/h13-14H,1-12H2. The van der Waals surface area contributed by atoms with Crippen molar-refractivity contribution in [2.24, 2.45) is 0 Å². The van der Waals surface area contributed by atoms with Crippen molar-refractivity contribution in [1.29, 1.82) is 0 Å². The van der Waals surface area contributed by atoms with Crippen molar-refractivity contribution in [3.05, 3.63) is 0 Å². The average Bonchev–Trinajstić information content (AvgIpc) is 3.49. The molecule has 134 valence electrons. The summed E-state index contributed by atoms with van der Waals surface area (Å²) >= 11 is 0. The molecular weight excluding hydrogens is 312 g/mol. The maximum Gasteiger partial charge on any atom is 0.338 e. The van der Waals surface area contributed by atoms with Crippen molar-refractivity contribution in [2.45, 2.75) is 87.6 Å². The largest absolute Gasteiger partial charge is 0.460 e. The molecule has 6 heteroatoms. The second kappa shape index (κ2) is 6.30. The molecule has 4 rings (SSSR count). The Balaban J connectivity index is 1.13. The number of epoxide rings is 2. The van der Waals surface area contributed by atoms with Gasteiger partial charge in [-0.25, -0.2) is 9.59 Å². The van der Waals surface area contributed by atoms with Crippen LogP contribution < -0.4 is 0 Å². The Morgan fingerprint density at radius 2 is 1.08 bits per heavy atom. The number of hydrogen-bond donors (Lipinski definition) is 0. The highest BCUT2D eigenvalue weighted by Gasteiger charge is 2.62. The van der Waals surface area contributed by atoms with Gasteiger partial charge in [0.1, 0.15) is 24.4 Å². The molecule has 0 bridgehead atoms. The van der Waals surface area contributed by atoms with Crippen molar-refractivity contribution in [3.63, 3.8) is 0 Å². The average molecular weight is 338 g/mol. The third-order valence-corrected chi connectivity index (χ3v) is 5.95. The number of rotatable bonds is 5. The fourth-order valence-corrected chi connectivity index (χ4v) is 4.42. The van der Waals surface area contributed by atoms with E-state index in [9.17, 15) is 9.59 Å². The molecule has 4 fully saturated rings. The van der Waals surface area contributed by atoms with Crippen LogP contribution in [0.15, 0.2) is 0 Å². The number of carbonyl (C=O) groups excluding carboxylic acids is 2. The van der Waals surface area contributed by atoms with Gasteiger partial charge in [0, 0.05) is 0 Å². The third kappa shape index (κ3) is 3.06. The lowest BCUT2D eigenvalue weighted by molar-refractivity contribution is -0.153. The SMILES string of the molecule is O=C(OCCOC(=O)C1OC12CCCCC2)C1OC12CCCCC2. The van der Waals surface area contributed by atoms with Gasteiger partial charge in [0.2, 0.25) is 0 Å². The lowest BCUT2D eigenvalue weighted by Crippen LogP contribution is -2.27. The smallest absolute Gasteiger partial charge is 0.338 e. The van der Waals surface area contributed by atoms with Crippen LogP contribution >= 0.6 is 0 Å². The topological polar surface area (TPSA) is 77.7 Å². The molecule has 2 heterocycles. The van der Waals surface area contributed by atoms with Gasteiger partial charge in [-0.05, 0) is 25.7 Å². The van der Waals surface area contributed by atoms with Crippen LogP contribution in [0.5, 0.6) is 0 Å². The van der Waals surface area contributed by atoms with E-state index in [4.69, 9.17) is 18.9 Å². The van der Waals surface area contributed by atoms with Crippen LogP contribution in [0.3, 0.4) is 0 Å². The van der Waals surface area contributed by atoms with Crippen LogP contribution in [0.2, 0.25) is 0 Å². The zero-order valence-electron chi connectivity index (χ0n) is 14.1. The molecule has 2 spiro atoms. The predicted molar refractivity (Wildman–Crippen MR) is 83.3 cm³/mol. The van der Waals surface area contributed by atoms with Gasteiger partial charge in [0.05, 0.1) is 0 Å². The van der Waals surface area contributed by atoms with Crippen LogP contribution in [-0.4, -0.2) is 48.6 Å². The highest BCUT2D eigenvalue weighted by atomic mass is 16.7. The van der Waals surface area contributed by atoms with Gasteiger partial charge in [0.25, 0.3) is 0 Å². The maximum atomic E-state index is 12.0. The molecule has 0 aromatic heterocycles. The van der Waals surface area contributed by atoms with Crippen LogP contribution in [0.4, 0.5) is 0 Å². The fraction of sp³-hybridized carbons (Fsp3) is 0.889. The summed E-state index contributed by atoms with van der Waals surface area (Å²) in [7, 11) is 0. The van der Waals surface area contributed by atoms with Crippen molar-refractivity contribution < 1.29 is 28.5 Å². The normalized spacial score (nSPS) is 32.3. The number of esters is 2. The van der Waals surface area contributed by atoms with E-state index in [2.05, 4.69) is 0 Å². The maximum absolute atomic E-state index is 12.0. The molecule has 6 nitrogen and oxygen atoms in total. The van der Waals surface area contributed by atoms with E-state index in [1.807, 2.05) is 0 Å². The van der Waals surface area contributed by atoms with Gasteiger partial charge < -0.3 is 18.9 Å². The van der Waals surface area contributed by atoms with Gasteiger partial charge in [-0.3, -0.25) is 0 Å². The Bertz CT molecular complexity index is 458. The molecule has 2 saturated heterocycles. The minimum Gasteiger partial charge on any atom is -0.460 e. The van der Waals surface area contributed by atoms with Crippen LogP contribution in [0.1, 0.15) is 64.2 Å². The van der Waals surface area contributed by atoms with Crippen molar-refractivity contribution in [2.75, 3.05) is 13.2 Å². The van der Waals surface area contributed by atoms with Gasteiger partial charge >= 0.3 is 11.9 Å². The molecule has 24 heavy (non-hydrogen) atoms. The first-order valence-corrected chi connectivity index (χ1v) is 9.34. The summed E-state index contributed by atoms with van der Waals surface area (Å²) in [6.45, 7) is 0.167. The summed E-state index contributed by atoms with van der Waals surface area (Å²) in [5, 5.41) is 0. The molecule has 2 atom stereocenters. The van der Waals surface area contributed by atoms with Gasteiger partial charge in [-0.15, -0.1) is 0 Å². The summed E-state index contributed by atoms with van der Waals surface area (Å²) in [6.07, 6.45) is 9.86. The van der Waals surface area contributed by atoms with Crippen LogP contribution in [-0.2, 0) is 28.5 Å². The Kier molecular flexibility index (Phi) is 4.29. The zero-order valence-corrected chi connectivity index (χ0v) is 14.1. The molecule has 4 aliphatic rings. The number of ether oxygens (including phenoxy) is 4. The van der Waals surface area contributed by atoms with E-state index < -0.39 is 12.2 Å². The summed E-state index contributed by atoms with van der Waals surface area (Å²) < 4.78 is 21.6. The molecule has 2 aliphatic heterocycles. The first kappa shape index (κ1) is 16.3. The Morgan fingerprint density at radius 3 is 1.46 bits per heavy atom. The Hall–Kier alpha value is -1.14. The molecule has 0 aromatic carbocycles.